The van der Waals surface area contributed by atoms with Crippen LogP contribution < -0.4 is 11.1 Å². The van der Waals surface area contributed by atoms with Gasteiger partial charge in [-0.1, -0.05) is 12.8 Å². The van der Waals surface area contributed by atoms with Crippen LogP contribution in [0.5, 0.6) is 0 Å². The number of halogens is 1. The van der Waals surface area contributed by atoms with Gasteiger partial charge in [0.05, 0.1) is 5.54 Å². The topological polar surface area (TPSA) is 75.4 Å². The summed E-state index contributed by atoms with van der Waals surface area (Å²) in [5, 5.41) is 12.0. The van der Waals surface area contributed by atoms with Crippen molar-refractivity contribution in [1.29, 1.82) is 0 Å². The molecule has 1 aliphatic carbocycles. The van der Waals surface area contributed by atoms with Crippen LogP contribution >= 0.6 is 12.4 Å². The monoisotopic (exact) mass is 264 g/mol. The van der Waals surface area contributed by atoms with Crippen LogP contribution in [0.2, 0.25) is 0 Å². The minimum atomic E-state index is -0.820. The molecule has 17 heavy (non-hydrogen) atoms. The highest BCUT2D eigenvalue weighted by atomic mass is 35.5. The van der Waals surface area contributed by atoms with E-state index in [2.05, 4.69) is 5.32 Å². The summed E-state index contributed by atoms with van der Waals surface area (Å²) in [6.45, 7) is 4.25. The number of carbonyl (C=O) groups is 1. The van der Waals surface area contributed by atoms with Gasteiger partial charge in [0.1, 0.15) is 0 Å². The van der Waals surface area contributed by atoms with Gasteiger partial charge in [0.25, 0.3) is 0 Å². The molecule has 0 aromatic heterocycles. The predicted octanol–water partition coefficient (Wildman–Crippen LogP) is 1.20. The quantitative estimate of drug-likeness (QED) is 0.699. The van der Waals surface area contributed by atoms with Gasteiger partial charge in [-0.2, -0.15) is 0 Å². The predicted molar refractivity (Wildman–Crippen MR) is 71.1 cm³/mol. The van der Waals surface area contributed by atoms with E-state index in [4.69, 9.17) is 10.8 Å². The molecular formula is C12H25ClN2O2. The van der Waals surface area contributed by atoms with Crippen molar-refractivity contribution in [3.05, 3.63) is 0 Å². The lowest BCUT2D eigenvalue weighted by atomic mass is 9.82. The average molecular weight is 265 g/mol. The Hall–Kier alpha value is -0.320. The van der Waals surface area contributed by atoms with Gasteiger partial charge in [0.2, 0.25) is 5.91 Å². The first kappa shape index (κ1) is 16.7. The first-order valence-electron chi connectivity index (χ1n) is 6.08. The Labute approximate surface area is 110 Å². The van der Waals surface area contributed by atoms with Crippen LogP contribution in [-0.4, -0.2) is 29.7 Å². The van der Waals surface area contributed by atoms with Gasteiger partial charge in [0, 0.05) is 13.2 Å². The zero-order chi connectivity index (χ0) is 12.2. The van der Waals surface area contributed by atoms with Crippen molar-refractivity contribution >= 4 is 18.3 Å². The maximum atomic E-state index is 11.7. The maximum absolute atomic E-state index is 11.7. The van der Waals surface area contributed by atoms with Crippen molar-refractivity contribution in [2.45, 2.75) is 51.5 Å². The van der Waals surface area contributed by atoms with E-state index in [0.717, 1.165) is 19.3 Å². The molecule has 4 nitrogen and oxygen atoms in total. The number of nitrogens with one attached hydrogen (secondary N) is 1. The third-order valence-electron chi connectivity index (χ3n) is 3.52. The maximum Gasteiger partial charge on any atom is 0.239 e. The SMILES string of the molecule is CC(C)(N)C(=O)NCC1(CCO)CCCC1.Cl. The minimum Gasteiger partial charge on any atom is -0.396 e. The van der Waals surface area contributed by atoms with Gasteiger partial charge < -0.3 is 16.2 Å². The fourth-order valence-electron chi connectivity index (χ4n) is 2.37. The average Bonchev–Trinajstić information content (AvgIpc) is 2.62. The molecule has 4 N–H and O–H groups in total. The summed E-state index contributed by atoms with van der Waals surface area (Å²) in [6.07, 6.45) is 5.36. The highest BCUT2D eigenvalue weighted by Gasteiger charge is 2.34. The molecule has 0 aromatic rings. The zero-order valence-corrected chi connectivity index (χ0v) is 11.6. The van der Waals surface area contributed by atoms with E-state index < -0.39 is 5.54 Å². The minimum absolute atomic E-state index is 0. The highest BCUT2D eigenvalue weighted by molar-refractivity contribution is 5.85. The van der Waals surface area contributed by atoms with E-state index in [1.54, 1.807) is 13.8 Å². The molecule has 5 heteroatoms. The molecule has 1 aliphatic rings. The van der Waals surface area contributed by atoms with Crippen LogP contribution in [0, 0.1) is 5.41 Å². The normalized spacial score (nSPS) is 18.6. The van der Waals surface area contributed by atoms with E-state index in [-0.39, 0.29) is 30.3 Å². The van der Waals surface area contributed by atoms with Gasteiger partial charge in [-0.3, -0.25) is 4.79 Å². The first-order valence-corrected chi connectivity index (χ1v) is 6.08. The van der Waals surface area contributed by atoms with E-state index in [9.17, 15) is 4.79 Å². The zero-order valence-electron chi connectivity index (χ0n) is 10.8. The summed E-state index contributed by atoms with van der Waals surface area (Å²) in [5.41, 5.74) is 5.01. The van der Waals surface area contributed by atoms with E-state index in [0.29, 0.717) is 6.54 Å². The Kier molecular flexibility index (Phi) is 6.45. The smallest absolute Gasteiger partial charge is 0.239 e. The van der Waals surface area contributed by atoms with E-state index in [1.807, 2.05) is 0 Å². The van der Waals surface area contributed by atoms with Gasteiger partial charge in [-0.15, -0.1) is 12.4 Å². The van der Waals surface area contributed by atoms with Crippen molar-refractivity contribution in [3.8, 4) is 0 Å². The number of aliphatic hydroxyl groups is 1. The Morgan fingerprint density at radius 2 is 1.94 bits per heavy atom. The number of carbonyl (C=O) groups excluding carboxylic acids is 1. The van der Waals surface area contributed by atoms with Crippen LogP contribution in [0.4, 0.5) is 0 Å². The number of rotatable bonds is 5. The molecule has 1 rings (SSSR count). The number of nitrogens with two attached hydrogens (primary N) is 1. The van der Waals surface area contributed by atoms with Crippen molar-refractivity contribution in [2.24, 2.45) is 11.1 Å². The van der Waals surface area contributed by atoms with Crippen LogP contribution in [0.3, 0.4) is 0 Å². The molecule has 0 spiro atoms. The lowest BCUT2D eigenvalue weighted by Crippen LogP contribution is -2.51. The van der Waals surface area contributed by atoms with Crippen molar-refractivity contribution in [2.75, 3.05) is 13.2 Å². The van der Waals surface area contributed by atoms with E-state index in [1.165, 1.54) is 12.8 Å². The fourth-order valence-corrected chi connectivity index (χ4v) is 2.37. The van der Waals surface area contributed by atoms with Gasteiger partial charge in [0.15, 0.2) is 0 Å². The summed E-state index contributed by atoms with van der Waals surface area (Å²) < 4.78 is 0. The Bertz CT molecular complexity index is 245. The van der Waals surface area contributed by atoms with Gasteiger partial charge in [-0.25, -0.2) is 0 Å². The third-order valence-corrected chi connectivity index (χ3v) is 3.52. The van der Waals surface area contributed by atoms with Crippen molar-refractivity contribution < 1.29 is 9.90 Å². The standard InChI is InChI=1S/C12H24N2O2.ClH/c1-11(2,13)10(16)14-9-12(7-8-15)5-3-4-6-12;/h15H,3-9,13H2,1-2H3,(H,14,16);1H. The molecule has 102 valence electrons. The molecule has 0 aromatic carbocycles. The first-order chi connectivity index (χ1) is 7.40. The summed E-state index contributed by atoms with van der Waals surface area (Å²) in [5.74, 6) is -0.114. The summed E-state index contributed by atoms with van der Waals surface area (Å²) in [4.78, 5) is 11.7. The molecule has 0 unspecified atom stereocenters. The Balaban J connectivity index is 0.00000256. The lowest BCUT2D eigenvalue weighted by molar-refractivity contribution is -0.125. The molecule has 0 radical (unpaired) electrons. The van der Waals surface area contributed by atoms with Crippen molar-refractivity contribution in [3.63, 3.8) is 0 Å². The summed E-state index contributed by atoms with van der Waals surface area (Å²) in [7, 11) is 0. The molecule has 0 atom stereocenters. The number of hydrogen-bond donors (Lipinski definition) is 3. The lowest BCUT2D eigenvalue weighted by Gasteiger charge is -2.30. The largest absolute Gasteiger partial charge is 0.396 e. The van der Waals surface area contributed by atoms with Gasteiger partial charge >= 0.3 is 0 Å². The van der Waals surface area contributed by atoms with Crippen LogP contribution in [0.15, 0.2) is 0 Å². The third kappa shape index (κ3) is 4.82. The van der Waals surface area contributed by atoms with E-state index >= 15 is 0 Å². The molecule has 1 amide bonds. The molecule has 0 bridgehead atoms. The highest BCUT2D eigenvalue weighted by Crippen LogP contribution is 2.40. The van der Waals surface area contributed by atoms with Crippen molar-refractivity contribution in [1.82, 2.24) is 5.32 Å². The summed E-state index contributed by atoms with van der Waals surface area (Å²) in [6, 6.07) is 0. The van der Waals surface area contributed by atoms with Crippen LogP contribution in [0.25, 0.3) is 0 Å². The molecule has 1 fully saturated rings. The molecule has 0 heterocycles. The molecule has 0 aliphatic heterocycles. The fraction of sp³-hybridized carbons (Fsp3) is 0.917. The number of aliphatic hydroxyl groups excluding tert-OH is 1. The molecular weight excluding hydrogens is 240 g/mol. The molecule has 1 saturated carbocycles. The summed E-state index contributed by atoms with van der Waals surface area (Å²) >= 11 is 0. The number of hydrogen-bond acceptors (Lipinski definition) is 3. The Morgan fingerprint density at radius 3 is 2.35 bits per heavy atom. The Morgan fingerprint density at radius 1 is 1.41 bits per heavy atom. The van der Waals surface area contributed by atoms with Crippen LogP contribution in [0.1, 0.15) is 46.0 Å². The van der Waals surface area contributed by atoms with Crippen LogP contribution in [-0.2, 0) is 4.79 Å². The second-order valence-corrected chi connectivity index (χ2v) is 5.59. The number of amides is 1. The molecule has 0 saturated heterocycles. The second-order valence-electron chi connectivity index (χ2n) is 5.59. The van der Waals surface area contributed by atoms with Gasteiger partial charge in [-0.05, 0) is 38.5 Å². The second kappa shape index (κ2) is 6.57.